The molecule has 0 spiro atoms. The molecule has 2 aromatic rings. The molecule has 4 rings (SSSR count). The van der Waals surface area contributed by atoms with Crippen LogP contribution in [-0.4, -0.2) is 49.0 Å². The van der Waals surface area contributed by atoms with Crippen molar-refractivity contribution in [1.29, 1.82) is 0 Å². The van der Waals surface area contributed by atoms with E-state index < -0.39 is 45.5 Å². The molecule has 2 aliphatic heterocycles. The lowest BCUT2D eigenvalue weighted by molar-refractivity contribution is -0.149. The molecule has 1 fully saturated rings. The van der Waals surface area contributed by atoms with Crippen molar-refractivity contribution in [1.82, 2.24) is 9.96 Å². The Hall–Kier alpha value is -3.32. The summed E-state index contributed by atoms with van der Waals surface area (Å²) in [7, 11) is -6.01. The third-order valence-corrected chi connectivity index (χ3v) is 6.30. The normalized spacial score (nSPS) is 19.7. The first-order valence-corrected chi connectivity index (χ1v) is 11.5. The Morgan fingerprint density at radius 2 is 1.82 bits per heavy atom. The molecule has 2 heterocycles. The van der Waals surface area contributed by atoms with Gasteiger partial charge in [-0.05, 0) is 24.1 Å². The average molecular weight is 500 g/mol. The number of urea groups is 1. The molecule has 13 heteroatoms. The molecular formula is C21H19F3N2O7S. The summed E-state index contributed by atoms with van der Waals surface area (Å²) in [6.07, 6.45) is 0. The third-order valence-electron chi connectivity index (χ3n) is 5.33. The molecule has 0 saturated carbocycles. The number of amides is 2. The van der Waals surface area contributed by atoms with Crippen molar-refractivity contribution in [3.8, 4) is 5.75 Å². The van der Waals surface area contributed by atoms with E-state index in [1.54, 1.807) is 37.3 Å². The lowest BCUT2D eigenvalue weighted by Crippen LogP contribution is -2.39. The second-order valence-electron chi connectivity index (χ2n) is 7.43. The van der Waals surface area contributed by atoms with Crippen molar-refractivity contribution >= 4 is 22.1 Å². The number of carbonyl (C=O) groups is 2. The number of carbonyl (C=O) groups excluding carboxylic acids is 2. The Morgan fingerprint density at radius 3 is 2.47 bits per heavy atom. The summed E-state index contributed by atoms with van der Waals surface area (Å²) in [6.45, 7) is 1.33. The lowest BCUT2D eigenvalue weighted by Gasteiger charge is -2.32. The number of fused-ring (bicyclic) bond motifs is 4. The van der Waals surface area contributed by atoms with E-state index in [0.29, 0.717) is 5.56 Å². The zero-order chi connectivity index (χ0) is 24.7. The van der Waals surface area contributed by atoms with E-state index in [1.807, 2.05) is 0 Å². The van der Waals surface area contributed by atoms with Crippen LogP contribution in [0.4, 0.5) is 18.0 Å². The average Bonchev–Trinajstić information content (AvgIpc) is 3.04. The number of hydrogen-bond donors (Lipinski definition) is 0. The van der Waals surface area contributed by atoms with Crippen LogP contribution in [0.25, 0.3) is 0 Å². The van der Waals surface area contributed by atoms with E-state index in [-0.39, 0.29) is 30.9 Å². The predicted octanol–water partition coefficient (Wildman–Crippen LogP) is 3.44. The standard InChI is InChI=1S/C21H19F3N2O7S/c1-2-31-19(27)18-14-9-6-10-16(33-34(29,30)21(22,23)24)17(14)15-11-25(18)20(28)26(15)32-12-13-7-4-3-5-8-13/h3-10,15,18H,2,11-12H2,1H3/t15-,18-/m1/s1. The third kappa shape index (κ3) is 4.16. The molecule has 2 atom stereocenters. The van der Waals surface area contributed by atoms with Gasteiger partial charge in [0.25, 0.3) is 0 Å². The molecule has 0 unspecified atom stereocenters. The van der Waals surface area contributed by atoms with E-state index in [2.05, 4.69) is 4.18 Å². The van der Waals surface area contributed by atoms with Crippen molar-refractivity contribution in [3.63, 3.8) is 0 Å². The van der Waals surface area contributed by atoms with Crippen LogP contribution in [0.5, 0.6) is 5.75 Å². The molecule has 0 aromatic heterocycles. The van der Waals surface area contributed by atoms with Crippen LogP contribution in [0, 0.1) is 0 Å². The first-order chi connectivity index (χ1) is 16.0. The molecule has 1 saturated heterocycles. The number of hydrogen-bond acceptors (Lipinski definition) is 7. The SMILES string of the molecule is CCOC(=O)[C@H]1c2cccc(OS(=O)(=O)C(F)(F)F)c2[C@H]2CN1C(=O)N2OCc1ccccc1. The summed E-state index contributed by atoms with van der Waals surface area (Å²) >= 11 is 0. The topological polar surface area (TPSA) is 102 Å². The molecule has 34 heavy (non-hydrogen) atoms. The maximum atomic E-state index is 13.1. The van der Waals surface area contributed by atoms with Crippen LogP contribution in [0.3, 0.4) is 0 Å². The molecule has 2 bridgehead atoms. The van der Waals surface area contributed by atoms with E-state index in [1.165, 1.54) is 12.1 Å². The summed E-state index contributed by atoms with van der Waals surface area (Å²) in [5.74, 6) is -1.48. The highest BCUT2D eigenvalue weighted by Crippen LogP contribution is 2.48. The maximum Gasteiger partial charge on any atom is 0.534 e. The van der Waals surface area contributed by atoms with Crippen LogP contribution < -0.4 is 4.18 Å². The smallest absolute Gasteiger partial charge is 0.464 e. The van der Waals surface area contributed by atoms with Crippen molar-refractivity contribution in [3.05, 3.63) is 65.2 Å². The molecule has 0 radical (unpaired) electrons. The van der Waals surface area contributed by atoms with Crippen molar-refractivity contribution in [2.24, 2.45) is 0 Å². The number of esters is 1. The number of halogens is 3. The second-order valence-corrected chi connectivity index (χ2v) is 8.97. The Kier molecular flexibility index (Phi) is 6.16. The number of nitrogens with zero attached hydrogens (tertiary/aromatic N) is 2. The Morgan fingerprint density at radius 1 is 1.12 bits per heavy atom. The Balaban J connectivity index is 1.77. The van der Waals surface area contributed by atoms with Crippen molar-refractivity contribution in [2.75, 3.05) is 13.2 Å². The van der Waals surface area contributed by atoms with Crippen LogP contribution in [-0.2, 0) is 31.1 Å². The molecule has 2 amide bonds. The van der Waals surface area contributed by atoms with Crippen LogP contribution in [0.2, 0.25) is 0 Å². The van der Waals surface area contributed by atoms with Gasteiger partial charge in [-0.1, -0.05) is 42.5 Å². The predicted molar refractivity (Wildman–Crippen MR) is 109 cm³/mol. The first kappa shape index (κ1) is 23.8. The van der Waals surface area contributed by atoms with Gasteiger partial charge in [-0.2, -0.15) is 26.7 Å². The highest BCUT2D eigenvalue weighted by atomic mass is 32.2. The van der Waals surface area contributed by atoms with E-state index in [9.17, 15) is 31.2 Å². The minimum Gasteiger partial charge on any atom is -0.464 e. The zero-order valence-electron chi connectivity index (χ0n) is 17.7. The molecule has 9 nitrogen and oxygen atoms in total. The highest BCUT2D eigenvalue weighted by Gasteiger charge is 2.54. The number of ether oxygens (including phenoxy) is 1. The molecular weight excluding hydrogens is 481 g/mol. The Labute approximate surface area is 192 Å². The van der Waals surface area contributed by atoms with Gasteiger partial charge >= 0.3 is 27.6 Å². The summed E-state index contributed by atoms with van der Waals surface area (Å²) in [5, 5.41) is 0.915. The number of alkyl halides is 3. The fourth-order valence-corrected chi connectivity index (χ4v) is 4.40. The van der Waals surface area contributed by atoms with E-state index >= 15 is 0 Å². The van der Waals surface area contributed by atoms with Gasteiger partial charge in [-0.15, -0.1) is 0 Å². The first-order valence-electron chi connectivity index (χ1n) is 10.1. The molecule has 0 N–H and O–H groups in total. The van der Waals surface area contributed by atoms with Crippen molar-refractivity contribution < 1.29 is 44.9 Å². The Bertz CT molecular complexity index is 1200. The number of rotatable bonds is 7. The van der Waals surface area contributed by atoms with Gasteiger partial charge in [0, 0.05) is 5.56 Å². The fraction of sp³-hybridized carbons (Fsp3) is 0.333. The van der Waals surface area contributed by atoms with E-state index in [0.717, 1.165) is 16.0 Å². The minimum absolute atomic E-state index is 0.0109. The van der Waals surface area contributed by atoms with Gasteiger partial charge in [0.1, 0.15) is 18.4 Å². The zero-order valence-corrected chi connectivity index (χ0v) is 18.5. The van der Waals surface area contributed by atoms with Crippen molar-refractivity contribution in [2.45, 2.75) is 31.1 Å². The van der Waals surface area contributed by atoms with Gasteiger partial charge in [0.2, 0.25) is 0 Å². The van der Waals surface area contributed by atoms with Gasteiger partial charge in [-0.3, -0.25) is 4.84 Å². The van der Waals surface area contributed by atoms with Crippen LogP contribution >= 0.6 is 0 Å². The highest BCUT2D eigenvalue weighted by molar-refractivity contribution is 7.88. The minimum atomic E-state index is -6.01. The fourth-order valence-electron chi connectivity index (χ4n) is 3.92. The largest absolute Gasteiger partial charge is 0.534 e. The molecule has 2 aromatic carbocycles. The van der Waals surface area contributed by atoms with Gasteiger partial charge in [0.15, 0.2) is 6.04 Å². The maximum absolute atomic E-state index is 13.1. The molecule has 0 aliphatic carbocycles. The lowest BCUT2D eigenvalue weighted by atomic mass is 9.90. The van der Waals surface area contributed by atoms with Crippen LogP contribution in [0.15, 0.2) is 48.5 Å². The van der Waals surface area contributed by atoms with Gasteiger partial charge < -0.3 is 13.8 Å². The summed E-state index contributed by atoms with van der Waals surface area (Å²) in [5.41, 5.74) is -4.96. The quantitative estimate of drug-likeness (QED) is 0.326. The summed E-state index contributed by atoms with van der Waals surface area (Å²) in [4.78, 5) is 32.7. The molecule has 182 valence electrons. The summed E-state index contributed by atoms with van der Waals surface area (Å²) in [6, 6.07) is 9.37. The monoisotopic (exact) mass is 500 g/mol. The molecule has 2 aliphatic rings. The van der Waals surface area contributed by atoms with Crippen LogP contribution in [0.1, 0.15) is 35.7 Å². The number of benzene rings is 2. The van der Waals surface area contributed by atoms with E-state index in [4.69, 9.17) is 9.57 Å². The number of hydroxylamine groups is 2. The van der Waals surface area contributed by atoms with Gasteiger partial charge in [-0.25, -0.2) is 9.59 Å². The summed E-state index contributed by atoms with van der Waals surface area (Å²) < 4.78 is 72.0. The van der Waals surface area contributed by atoms with Gasteiger partial charge in [0.05, 0.1) is 13.2 Å². The second kappa shape index (κ2) is 8.80.